The zero-order valence-corrected chi connectivity index (χ0v) is 11.6. The maximum Gasteiger partial charge on any atom is 0.257 e. The molecule has 0 saturated heterocycles. The van der Waals surface area contributed by atoms with E-state index < -0.39 is 0 Å². The van der Waals surface area contributed by atoms with Gasteiger partial charge < -0.3 is 10.4 Å². The molecule has 0 aromatic carbocycles. The Morgan fingerprint density at radius 2 is 2.05 bits per heavy atom. The zero-order chi connectivity index (χ0) is 15.1. The minimum Gasteiger partial charge on any atom is -0.395 e. The number of carbonyl (C=O) groups excluding carboxylic acids is 1. The first-order valence-electron chi connectivity index (χ1n) is 6.48. The Kier molecular flexibility index (Phi) is 5.02. The van der Waals surface area contributed by atoms with Gasteiger partial charge in [-0.05, 0) is 24.6 Å². The molecule has 1 amide bonds. The third-order valence-corrected chi connectivity index (χ3v) is 2.79. The van der Waals surface area contributed by atoms with Crippen molar-refractivity contribution in [2.75, 3.05) is 11.9 Å². The van der Waals surface area contributed by atoms with E-state index >= 15 is 0 Å². The van der Waals surface area contributed by atoms with Crippen molar-refractivity contribution in [1.29, 1.82) is 0 Å². The summed E-state index contributed by atoms with van der Waals surface area (Å²) in [5.41, 5.74) is 2.58. The number of aliphatic hydroxyl groups excluding tert-OH is 1. The van der Waals surface area contributed by atoms with E-state index in [4.69, 9.17) is 5.11 Å². The highest BCUT2D eigenvalue weighted by molar-refractivity contribution is 6.06. The Morgan fingerprint density at radius 3 is 2.81 bits per heavy atom. The van der Waals surface area contributed by atoms with Gasteiger partial charge in [-0.25, -0.2) is 0 Å². The summed E-state index contributed by atoms with van der Waals surface area (Å²) >= 11 is 0. The van der Waals surface area contributed by atoms with E-state index in [0.717, 1.165) is 5.56 Å². The summed E-state index contributed by atoms with van der Waals surface area (Å²) in [6.07, 6.45) is 6.75. The Balaban J connectivity index is 2.24. The average molecular weight is 281 g/mol. The molecule has 2 N–H and O–H groups in total. The number of rotatable bonds is 3. The van der Waals surface area contributed by atoms with Crippen molar-refractivity contribution in [3.63, 3.8) is 0 Å². The van der Waals surface area contributed by atoms with E-state index in [-0.39, 0.29) is 12.5 Å². The second kappa shape index (κ2) is 7.17. The van der Waals surface area contributed by atoms with Crippen LogP contribution in [0.25, 0.3) is 0 Å². The van der Waals surface area contributed by atoms with Gasteiger partial charge in [0.15, 0.2) is 0 Å². The van der Waals surface area contributed by atoms with Gasteiger partial charge >= 0.3 is 0 Å². The second-order valence-electron chi connectivity index (χ2n) is 4.34. The number of aromatic nitrogens is 2. The third kappa shape index (κ3) is 3.88. The molecule has 2 aromatic rings. The number of hydrogen-bond donors (Lipinski definition) is 2. The smallest absolute Gasteiger partial charge is 0.257 e. The molecule has 106 valence electrons. The normalized spacial score (nSPS) is 9.62. The molecule has 0 atom stereocenters. The van der Waals surface area contributed by atoms with Crippen LogP contribution in [0.1, 0.15) is 27.9 Å². The van der Waals surface area contributed by atoms with Crippen molar-refractivity contribution in [2.45, 2.75) is 13.3 Å². The van der Waals surface area contributed by atoms with E-state index in [9.17, 15) is 4.79 Å². The SMILES string of the molecule is Cc1cnccc1NC(=O)c1ccncc1C#CCCO. The Bertz CT molecular complexity index is 702. The largest absolute Gasteiger partial charge is 0.395 e. The highest BCUT2D eigenvalue weighted by Gasteiger charge is 2.11. The van der Waals surface area contributed by atoms with Crippen LogP contribution >= 0.6 is 0 Å². The van der Waals surface area contributed by atoms with Gasteiger partial charge in [-0.15, -0.1) is 0 Å². The summed E-state index contributed by atoms with van der Waals surface area (Å²) in [5.74, 6) is 5.39. The predicted octanol–water partition coefficient (Wildman–Crippen LogP) is 1.77. The van der Waals surface area contributed by atoms with Crippen LogP contribution < -0.4 is 5.32 Å². The minimum atomic E-state index is -0.250. The first kappa shape index (κ1) is 14.7. The topological polar surface area (TPSA) is 75.1 Å². The van der Waals surface area contributed by atoms with Crippen molar-refractivity contribution in [1.82, 2.24) is 9.97 Å². The molecule has 0 radical (unpaired) electrons. The minimum absolute atomic E-state index is 0.00893. The lowest BCUT2D eigenvalue weighted by molar-refractivity contribution is 0.102. The average Bonchev–Trinajstić information content (AvgIpc) is 2.50. The number of nitrogens with one attached hydrogen (secondary N) is 1. The second-order valence-corrected chi connectivity index (χ2v) is 4.34. The number of nitrogens with zero attached hydrogens (tertiary/aromatic N) is 2. The summed E-state index contributed by atoms with van der Waals surface area (Å²) in [6, 6.07) is 3.36. The van der Waals surface area contributed by atoms with Crippen LogP contribution in [-0.4, -0.2) is 27.6 Å². The van der Waals surface area contributed by atoms with Crippen LogP contribution in [0.5, 0.6) is 0 Å². The first-order valence-corrected chi connectivity index (χ1v) is 6.48. The number of pyridine rings is 2. The number of anilines is 1. The van der Waals surface area contributed by atoms with E-state index in [0.29, 0.717) is 23.2 Å². The van der Waals surface area contributed by atoms with E-state index in [1.54, 1.807) is 36.9 Å². The molecule has 0 bridgehead atoms. The fourth-order valence-corrected chi connectivity index (χ4v) is 1.71. The lowest BCUT2D eigenvalue weighted by atomic mass is 10.1. The van der Waals surface area contributed by atoms with Crippen LogP contribution in [0, 0.1) is 18.8 Å². The molecular weight excluding hydrogens is 266 g/mol. The number of hydrogen-bond acceptors (Lipinski definition) is 4. The van der Waals surface area contributed by atoms with Gasteiger partial charge in [0.2, 0.25) is 0 Å². The number of carbonyl (C=O) groups is 1. The van der Waals surface area contributed by atoms with Crippen LogP contribution in [-0.2, 0) is 0 Å². The zero-order valence-electron chi connectivity index (χ0n) is 11.6. The van der Waals surface area contributed by atoms with Gasteiger partial charge in [-0.1, -0.05) is 11.8 Å². The molecule has 5 nitrogen and oxygen atoms in total. The van der Waals surface area contributed by atoms with Crippen molar-refractivity contribution < 1.29 is 9.90 Å². The summed E-state index contributed by atoms with van der Waals surface area (Å²) in [4.78, 5) is 20.3. The first-order chi connectivity index (χ1) is 10.2. The standard InChI is InChI=1S/C16H15N3O2/c1-12-10-17-8-6-15(12)19-16(21)14-5-7-18-11-13(14)4-2-3-9-20/h5-8,10-11,20H,3,9H2,1H3,(H,17,19,21). The highest BCUT2D eigenvalue weighted by atomic mass is 16.2. The molecule has 0 aliphatic rings. The van der Waals surface area contributed by atoms with Crippen molar-refractivity contribution in [3.05, 3.63) is 53.6 Å². The molecule has 2 rings (SSSR count). The maximum absolute atomic E-state index is 12.3. The van der Waals surface area contributed by atoms with Gasteiger partial charge in [0.25, 0.3) is 5.91 Å². The molecule has 0 aliphatic heterocycles. The molecule has 0 fully saturated rings. The molecule has 5 heteroatoms. The molecular formula is C16H15N3O2. The van der Waals surface area contributed by atoms with Gasteiger partial charge in [0, 0.05) is 36.9 Å². The molecule has 21 heavy (non-hydrogen) atoms. The van der Waals surface area contributed by atoms with Crippen molar-refractivity contribution in [3.8, 4) is 11.8 Å². The summed E-state index contributed by atoms with van der Waals surface area (Å²) in [5, 5.41) is 11.6. The Hall–Kier alpha value is -2.71. The fraction of sp³-hybridized carbons (Fsp3) is 0.188. The molecule has 0 aliphatic carbocycles. The number of amides is 1. The summed E-state index contributed by atoms with van der Waals surface area (Å²) in [7, 11) is 0. The predicted molar refractivity (Wildman–Crippen MR) is 79.7 cm³/mol. The van der Waals surface area contributed by atoms with Gasteiger partial charge in [-0.2, -0.15) is 0 Å². The van der Waals surface area contributed by atoms with Gasteiger partial charge in [0.05, 0.1) is 17.7 Å². The Labute approximate surface area is 123 Å². The molecule has 0 saturated carbocycles. The lowest BCUT2D eigenvalue weighted by Crippen LogP contribution is -2.14. The number of aryl methyl sites for hydroxylation is 1. The van der Waals surface area contributed by atoms with Crippen molar-refractivity contribution in [2.24, 2.45) is 0 Å². The Morgan fingerprint density at radius 1 is 1.29 bits per heavy atom. The van der Waals surface area contributed by atoms with Crippen LogP contribution in [0.15, 0.2) is 36.9 Å². The monoisotopic (exact) mass is 281 g/mol. The van der Waals surface area contributed by atoms with E-state index in [1.807, 2.05) is 6.92 Å². The van der Waals surface area contributed by atoms with Crippen LogP contribution in [0.2, 0.25) is 0 Å². The lowest BCUT2D eigenvalue weighted by Gasteiger charge is -2.08. The van der Waals surface area contributed by atoms with E-state index in [2.05, 4.69) is 27.1 Å². The number of aliphatic hydroxyl groups is 1. The van der Waals surface area contributed by atoms with E-state index in [1.165, 1.54) is 0 Å². The van der Waals surface area contributed by atoms with Gasteiger partial charge in [-0.3, -0.25) is 14.8 Å². The fourth-order valence-electron chi connectivity index (χ4n) is 1.71. The van der Waals surface area contributed by atoms with Crippen LogP contribution in [0.3, 0.4) is 0 Å². The highest BCUT2D eigenvalue weighted by Crippen LogP contribution is 2.14. The molecule has 2 aromatic heterocycles. The van der Waals surface area contributed by atoms with Gasteiger partial charge in [0.1, 0.15) is 0 Å². The quantitative estimate of drug-likeness (QED) is 0.841. The third-order valence-electron chi connectivity index (χ3n) is 2.79. The summed E-state index contributed by atoms with van der Waals surface area (Å²) < 4.78 is 0. The molecule has 0 spiro atoms. The molecule has 2 heterocycles. The summed E-state index contributed by atoms with van der Waals surface area (Å²) in [6.45, 7) is 1.86. The van der Waals surface area contributed by atoms with Crippen LogP contribution in [0.4, 0.5) is 5.69 Å². The molecule has 0 unspecified atom stereocenters. The van der Waals surface area contributed by atoms with Crippen molar-refractivity contribution >= 4 is 11.6 Å². The maximum atomic E-state index is 12.3.